The molecule has 5 aliphatic rings. The predicted octanol–water partition coefficient (Wildman–Crippen LogP) is 4.71. The maximum atomic E-state index is 15.3. The summed E-state index contributed by atoms with van der Waals surface area (Å²) in [4.78, 5) is 71.9. The summed E-state index contributed by atoms with van der Waals surface area (Å²) in [5.41, 5.74) is 5.51. The van der Waals surface area contributed by atoms with Crippen LogP contribution in [0.3, 0.4) is 0 Å². The number of aromatic nitrogens is 3. The number of benzene rings is 2. The van der Waals surface area contributed by atoms with E-state index < -0.39 is 23.8 Å². The average Bonchev–Trinajstić information content (AvgIpc) is 3.59. The number of nitriles is 1. The third-order valence-electron chi connectivity index (χ3n) is 12.7. The number of amides is 4. The summed E-state index contributed by atoms with van der Waals surface area (Å²) in [6.07, 6.45) is 6.24. The van der Waals surface area contributed by atoms with E-state index in [0.717, 1.165) is 86.6 Å². The number of nitrogens with zero attached hydrogens (tertiary/aromatic N) is 8. The number of carbonyl (C=O) groups is 4. The fourth-order valence-corrected chi connectivity index (χ4v) is 9.55. The van der Waals surface area contributed by atoms with E-state index in [2.05, 4.69) is 57.7 Å². The van der Waals surface area contributed by atoms with Crippen molar-refractivity contribution in [3.05, 3.63) is 99.3 Å². The Labute approximate surface area is 357 Å². The minimum Gasteiger partial charge on any atom is -0.369 e. The van der Waals surface area contributed by atoms with Crippen LogP contribution in [0, 0.1) is 23.2 Å². The molecule has 2 saturated heterocycles. The van der Waals surface area contributed by atoms with Gasteiger partial charge in [-0.15, -0.1) is 0 Å². The van der Waals surface area contributed by atoms with Gasteiger partial charge in [-0.05, 0) is 98.5 Å². The molecule has 9 rings (SSSR count). The smallest absolute Gasteiger partial charge is 0.256 e. The Morgan fingerprint density at radius 1 is 0.902 bits per heavy atom. The van der Waals surface area contributed by atoms with Crippen molar-refractivity contribution in [2.24, 2.45) is 5.92 Å². The molecule has 15 nitrogen and oxygen atoms in total. The first-order valence-corrected chi connectivity index (χ1v) is 21.2. The molecule has 4 amide bonds. The molecule has 1 saturated carbocycles. The summed E-state index contributed by atoms with van der Waals surface area (Å²) >= 11 is 6.27. The maximum absolute atomic E-state index is 15.3. The molecule has 1 unspecified atom stereocenters. The first-order valence-electron chi connectivity index (χ1n) is 20.9. The van der Waals surface area contributed by atoms with E-state index in [0.29, 0.717) is 60.4 Å². The largest absolute Gasteiger partial charge is 0.369 e. The second kappa shape index (κ2) is 17.1. The van der Waals surface area contributed by atoms with Gasteiger partial charge in [0.25, 0.3) is 11.8 Å². The van der Waals surface area contributed by atoms with Gasteiger partial charge in [0.15, 0.2) is 0 Å². The van der Waals surface area contributed by atoms with Crippen molar-refractivity contribution in [2.45, 2.75) is 70.1 Å². The molecule has 4 aromatic rings. The summed E-state index contributed by atoms with van der Waals surface area (Å²) in [6, 6.07) is 15.7. The third-order valence-corrected chi connectivity index (χ3v) is 13.0. The average molecular weight is 846 g/mol. The van der Waals surface area contributed by atoms with Crippen LogP contribution in [-0.4, -0.2) is 99.7 Å². The van der Waals surface area contributed by atoms with Gasteiger partial charge in [-0.3, -0.25) is 29.4 Å². The van der Waals surface area contributed by atoms with Crippen molar-refractivity contribution in [2.75, 3.05) is 54.4 Å². The molecule has 0 spiro atoms. The molecular weight excluding hydrogens is 801 g/mol. The van der Waals surface area contributed by atoms with Gasteiger partial charge in [0.1, 0.15) is 30.1 Å². The molecule has 3 fully saturated rings. The molecule has 17 heteroatoms. The highest BCUT2D eigenvalue weighted by atomic mass is 35.5. The zero-order chi connectivity index (χ0) is 42.2. The Morgan fingerprint density at radius 2 is 1.69 bits per heavy atom. The molecule has 314 valence electrons. The molecule has 61 heavy (non-hydrogen) atoms. The number of rotatable bonds is 9. The number of nitrogens with one attached hydrogen (secondary N) is 3. The number of pyridine rings is 1. The highest BCUT2D eigenvalue weighted by Gasteiger charge is 2.39. The van der Waals surface area contributed by atoms with Crippen LogP contribution in [0.2, 0.25) is 5.02 Å². The zero-order valence-corrected chi connectivity index (χ0v) is 34.3. The van der Waals surface area contributed by atoms with Gasteiger partial charge < -0.3 is 25.3 Å². The van der Waals surface area contributed by atoms with Gasteiger partial charge in [0.2, 0.25) is 17.8 Å². The van der Waals surface area contributed by atoms with Gasteiger partial charge in [-0.1, -0.05) is 11.6 Å². The summed E-state index contributed by atoms with van der Waals surface area (Å²) in [5, 5.41) is 18.1. The fourth-order valence-electron chi connectivity index (χ4n) is 9.33. The number of imide groups is 1. The minimum absolute atomic E-state index is 0.0391. The Kier molecular flexibility index (Phi) is 11.3. The number of carbonyl (C=O) groups excluding carboxylic acids is 4. The molecule has 1 atom stereocenters. The molecule has 3 N–H and O–H groups in total. The van der Waals surface area contributed by atoms with Crippen molar-refractivity contribution in [3.8, 4) is 6.07 Å². The van der Waals surface area contributed by atoms with E-state index in [4.69, 9.17) is 11.6 Å². The zero-order valence-electron chi connectivity index (χ0n) is 33.5. The van der Waals surface area contributed by atoms with Gasteiger partial charge in [0.05, 0.1) is 28.4 Å². The fraction of sp³-hybridized carbons (Fsp3) is 0.409. The SMILES string of the molecule is N#Cc1ccc(N2CCc3c(ncnc3Nc3ccc(C(=O)NC4CCC(CN5CCN(c6ccc7c(c6)CN(C6CCC(=O)NC6=O)C7=O)CC5)CC4)c(F)n3)C2)cc1Cl. The summed E-state index contributed by atoms with van der Waals surface area (Å²) in [7, 11) is 0. The van der Waals surface area contributed by atoms with Gasteiger partial charge >= 0.3 is 0 Å². The Morgan fingerprint density at radius 3 is 2.44 bits per heavy atom. The lowest BCUT2D eigenvalue weighted by Gasteiger charge is -2.39. The minimum atomic E-state index is -0.857. The van der Waals surface area contributed by atoms with Crippen molar-refractivity contribution in [3.63, 3.8) is 0 Å². The van der Waals surface area contributed by atoms with Crippen LogP contribution < -0.4 is 25.8 Å². The van der Waals surface area contributed by atoms with Gasteiger partial charge in [-0.25, -0.2) is 15.0 Å². The maximum Gasteiger partial charge on any atom is 0.256 e. The molecule has 0 bridgehead atoms. The highest BCUT2D eigenvalue weighted by Crippen LogP contribution is 2.33. The van der Waals surface area contributed by atoms with Crippen molar-refractivity contribution >= 4 is 58.2 Å². The van der Waals surface area contributed by atoms with E-state index in [-0.39, 0.29) is 35.7 Å². The monoisotopic (exact) mass is 845 g/mol. The standard InChI is InChI=1S/C44H45ClFN11O4/c45-35-20-31(6-3-27(35)21-47)56-14-13-33-36(24-56)48-25-49-41(33)52-38-11-9-34(40(46)51-38)42(59)50-29-4-1-26(2-5-29)22-54-15-17-55(18-16-54)30-7-8-32-28(19-30)23-57(44(32)61)37-10-12-39(58)53-43(37)60/h3,6-9,11,19-20,25-26,29,37H,1-2,4-5,10,12-18,22-24H2,(H,50,59)(H,53,58,60)(H,48,49,51,52). The molecule has 0 radical (unpaired) electrons. The first kappa shape index (κ1) is 40.2. The summed E-state index contributed by atoms with van der Waals surface area (Å²) in [6.45, 7) is 6.08. The molecular formula is C44H45ClFN11O4. The van der Waals surface area contributed by atoms with Crippen LogP contribution in [0.25, 0.3) is 0 Å². The van der Waals surface area contributed by atoms with Crippen molar-refractivity contribution in [1.29, 1.82) is 5.26 Å². The van der Waals surface area contributed by atoms with Crippen LogP contribution >= 0.6 is 11.6 Å². The van der Waals surface area contributed by atoms with E-state index >= 15 is 4.39 Å². The number of halogens is 2. The Balaban J connectivity index is 0.723. The number of piperazine rings is 1. The number of hydrogen-bond donors (Lipinski definition) is 3. The van der Waals surface area contributed by atoms with E-state index in [9.17, 15) is 24.4 Å². The number of hydrogen-bond acceptors (Lipinski definition) is 12. The van der Waals surface area contributed by atoms with Crippen LogP contribution in [0.15, 0.2) is 54.9 Å². The molecule has 1 aliphatic carbocycles. The topological polar surface area (TPSA) is 180 Å². The van der Waals surface area contributed by atoms with Crippen LogP contribution in [0.5, 0.6) is 0 Å². The lowest BCUT2D eigenvalue weighted by molar-refractivity contribution is -0.136. The first-order chi connectivity index (χ1) is 29.6. The van der Waals surface area contributed by atoms with Crippen LogP contribution in [-0.2, 0) is 29.1 Å². The number of piperidine rings is 1. The van der Waals surface area contributed by atoms with Crippen LogP contribution in [0.1, 0.15) is 81.6 Å². The number of anilines is 4. The van der Waals surface area contributed by atoms with Crippen molar-refractivity contribution in [1.82, 2.24) is 35.4 Å². The molecule has 2 aromatic carbocycles. The quantitative estimate of drug-likeness (QED) is 0.156. The highest BCUT2D eigenvalue weighted by molar-refractivity contribution is 6.32. The van der Waals surface area contributed by atoms with Gasteiger partial charge in [0, 0.05) is 80.8 Å². The predicted molar refractivity (Wildman–Crippen MR) is 225 cm³/mol. The molecule has 2 aromatic heterocycles. The van der Waals surface area contributed by atoms with E-state index in [1.165, 1.54) is 12.4 Å². The van der Waals surface area contributed by atoms with Crippen LogP contribution in [0.4, 0.5) is 27.4 Å². The third kappa shape index (κ3) is 8.44. The van der Waals surface area contributed by atoms with E-state index in [1.807, 2.05) is 18.2 Å². The van der Waals surface area contributed by atoms with E-state index in [1.54, 1.807) is 23.1 Å². The van der Waals surface area contributed by atoms with Crippen molar-refractivity contribution < 1.29 is 23.6 Å². The second-order valence-electron chi connectivity index (χ2n) is 16.5. The molecule has 4 aliphatic heterocycles. The number of fused-ring (bicyclic) bond motifs is 2. The lowest BCUT2D eigenvalue weighted by Crippen LogP contribution is -2.52. The Hall–Kier alpha value is -6.18. The molecule has 6 heterocycles. The van der Waals surface area contributed by atoms with Gasteiger partial charge in [-0.2, -0.15) is 9.65 Å². The summed E-state index contributed by atoms with van der Waals surface area (Å²) in [5.74, 6) is -0.915. The second-order valence-corrected chi connectivity index (χ2v) is 16.9. The normalized spacial score (nSPS) is 21.7. The lowest BCUT2D eigenvalue weighted by atomic mass is 9.85. The summed E-state index contributed by atoms with van der Waals surface area (Å²) < 4.78 is 15.3. The Bertz CT molecular complexity index is 2450.